The van der Waals surface area contributed by atoms with Crippen LogP contribution in [0.2, 0.25) is 0 Å². The molecule has 4 rings (SSSR count). The molecule has 0 aliphatic carbocycles. The lowest BCUT2D eigenvalue weighted by atomic mass is 10.2. The van der Waals surface area contributed by atoms with Gasteiger partial charge in [-0.15, -0.1) is 0 Å². The van der Waals surface area contributed by atoms with E-state index < -0.39 is 0 Å². The average molecular weight is 343 g/mol. The molecule has 2 saturated heterocycles. The van der Waals surface area contributed by atoms with Crippen LogP contribution in [0.4, 0.5) is 6.01 Å². The Morgan fingerprint density at radius 3 is 2.24 bits per heavy atom. The van der Waals surface area contributed by atoms with E-state index in [1.165, 1.54) is 0 Å². The van der Waals surface area contributed by atoms with Crippen molar-refractivity contribution in [2.75, 3.05) is 70.5 Å². The summed E-state index contributed by atoms with van der Waals surface area (Å²) in [5, 5.41) is 4.12. The standard InChI is InChI=1S/C18H25N5O2/c1-2-4-16(5-3-1)17-19-18(25-20-17)23-10-8-21(9-11-23)6-7-22-12-14-24-15-13-22/h1-5H,6-15H2. The van der Waals surface area contributed by atoms with E-state index in [-0.39, 0.29) is 0 Å². The predicted molar refractivity (Wildman–Crippen MR) is 95.6 cm³/mol. The van der Waals surface area contributed by atoms with Gasteiger partial charge in [0.25, 0.3) is 0 Å². The van der Waals surface area contributed by atoms with Crippen LogP contribution >= 0.6 is 0 Å². The van der Waals surface area contributed by atoms with E-state index in [4.69, 9.17) is 9.26 Å². The summed E-state index contributed by atoms with van der Waals surface area (Å²) in [5.41, 5.74) is 0.988. The van der Waals surface area contributed by atoms with Crippen molar-refractivity contribution in [1.82, 2.24) is 19.9 Å². The second-order valence-corrected chi connectivity index (χ2v) is 6.55. The lowest BCUT2D eigenvalue weighted by Gasteiger charge is -2.35. The van der Waals surface area contributed by atoms with Gasteiger partial charge in [0.05, 0.1) is 13.2 Å². The third-order valence-electron chi connectivity index (χ3n) is 4.93. The third kappa shape index (κ3) is 4.18. The van der Waals surface area contributed by atoms with Crippen molar-refractivity contribution < 1.29 is 9.26 Å². The Labute approximate surface area is 148 Å². The van der Waals surface area contributed by atoms with Gasteiger partial charge in [-0.25, -0.2) is 0 Å². The Hall–Kier alpha value is -1.96. The minimum Gasteiger partial charge on any atom is -0.379 e. The number of benzene rings is 1. The fraction of sp³-hybridized carbons (Fsp3) is 0.556. The first-order valence-corrected chi connectivity index (χ1v) is 9.05. The van der Waals surface area contributed by atoms with Gasteiger partial charge in [0.15, 0.2) is 0 Å². The Balaban J connectivity index is 1.26. The molecule has 0 unspecified atom stereocenters. The fourth-order valence-corrected chi connectivity index (χ4v) is 3.32. The summed E-state index contributed by atoms with van der Waals surface area (Å²) in [6, 6.07) is 10.6. The first-order chi connectivity index (χ1) is 12.4. The van der Waals surface area contributed by atoms with Gasteiger partial charge in [0, 0.05) is 57.9 Å². The molecule has 0 atom stereocenters. The number of hydrogen-bond acceptors (Lipinski definition) is 7. The molecular formula is C18H25N5O2. The molecule has 2 aliphatic heterocycles. The molecule has 0 saturated carbocycles. The molecule has 7 heteroatoms. The number of anilines is 1. The van der Waals surface area contributed by atoms with Crippen LogP contribution in [-0.2, 0) is 4.74 Å². The molecule has 1 aromatic heterocycles. The van der Waals surface area contributed by atoms with Gasteiger partial charge in [-0.2, -0.15) is 4.98 Å². The topological polar surface area (TPSA) is 57.9 Å². The van der Waals surface area contributed by atoms with Gasteiger partial charge in [0.2, 0.25) is 5.82 Å². The van der Waals surface area contributed by atoms with E-state index in [1.54, 1.807) is 0 Å². The molecular weight excluding hydrogens is 318 g/mol. The average Bonchev–Trinajstić information content (AvgIpc) is 3.19. The van der Waals surface area contributed by atoms with Crippen molar-refractivity contribution in [3.8, 4) is 11.4 Å². The van der Waals surface area contributed by atoms with Crippen LogP contribution in [0.25, 0.3) is 11.4 Å². The highest BCUT2D eigenvalue weighted by Gasteiger charge is 2.22. The summed E-state index contributed by atoms with van der Waals surface area (Å²) in [5.74, 6) is 0.658. The molecule has 0 bridgehead atoms. The minimum atomic E-state index is 0.631. The van der Waals surface area contributed by atoms with Gasteiger partial charge in [-0.1, -0.05) is 35.5 Å². The number of rotatable bonds is 5. The molecule has 2 fully saturated rings. The van der Waals surface area contributed by atoms with Crippen LogP contribution in [-0.4, -0.2) is 85.5 Å². The SMILES string of the molecule is c1ccc(-c2noc(N3CCN(CCN4CCOCC4)CC3)n2)cc1. The summed E-state index contributed by atoms with van der Waals surface area (Å²) < 4.78 is 10.9. The monoisotopic (exact) mass is 343 g/mol. The van der Waals surface area contributed by atoms with E-state index in [0.717, 1.165) is 71.1 Å². The van der Waals surface area contributed by atoms with E-state index >= 15 is 0 Å². The quantitative estimate of drug-likeness (QED) is 0.808. The van der Waals surface area contributed by atoms with Crippen molar-refractivity contribution in [2.24, 2.45) is 0 Å². The Kier molecular flexibility index (Phi) is 5.25. The molecule has 134 valence electrons. The van der Waals surface area contributed by atoms with E-state index in [9.17, 15) is 0 Å². The lowest BCUT2D eigenvalue weighted by Crippen LogP contribution is -2.49. The fourth-order valence-electron chi connectivity index (χ4n) is 3.32. The summed E-state index contributed by atoms with van der Waals surface area (Å²) in [4.78, 5) is 11.7. The molecule has 0 spiro atoms. The summed E-state index contributed by atoms with van der Waals surface area (Å²) >= 11 is 0. The maximum atomic E-state index is 5.47. The maximum Gasteiger partial charge on any atom is 0.324 e. The van der Waals surface area contributed by atoms with Gasteiger partial charge < -0.3 is 14.2 Å². The maximum absolute atomic E-state index is 5.47. The molecule has 0 radical (unpaired) electrons. The van der Waals surface area contributed by atoms with Gasteiger partial charge in [-0.3, -0.25) is 9.80 Å². The second-order valence-electron chi connectivity index (χ2n) is 6.55. The Bertz CT molecular complexity index is 648. The minimum absolute atomic E-state index is 0.631. The Morgan fingerprint density at radius 1 is 0.840 bits per heavy atom. The lowest BCUT2D eigenvalue weighted by molar-refractivity contribution is 0.0330. The first kappa shape index (κ1) is 16.5. The second kappa shape index (κ2) is 7.95. The molecule has 0 N–H and O–H groups in total. The van der Waals surface area contributed by atoms with Crippen molar-refractivity contribution in [3.63, 3.8) is 0 Å². The highest BCUT2D eigenvalue weighted by molar-refractivity contribution is 5.55. The van der Waals surface area contributed by atoms with Crippen LogP contribution in [0.3, 0.4) is 0 Å². The normalized spacial score (nSPS) is 20.1. The highest BCUT2D eigenvalue weighted by Crippen LogP contribution is 2.20. The van der Waals surface area contributed by atoms with Crippen LogP contribution < -0.4 is 4.90 Å². The summed E-state index contributed by atoms with van der Waals surface area (Å²) in [6.07, 6.45) is 0. The van der Waals surface area contributed by atoms with Crippen LogP contribution in [0, 0.1) is 0 Å². The number of nitrogens with zero attached hydrogens (tertiary/aromatic N) is 5. The van der Waals surface area contributed by atoms with Gasteiger partial charge in [0.1, 0.15) is 0 Å². The summed E-state index contributed by atoms with van der Waals surface area (Å²) in [6.45, 7) is 10.0. The molecule has 2 aliphatic rings. The molecule has 7 nitrogen and oxygen atoms in total. The highest BCUT2D eigenvalue weighted by atomic mass is 16.5. The number of piperazine rings is 1. The molecule has 25 heavy (non-hydrogen) atoms. The van der Waals surface area contributed by atoms with E-state index in [0.29, 0.717) is 11.8 Å². The molecule has 1 aromatic carbocycles. The van der Waals surface area contributed by atoms with Crippen molar-refractivity contribution in [1.29, 1.82) is 0 Å². The van der Waals surface area contributed by atoms with Crippen molar-refractivity contribution in [2.45, 2.75) is 0 Å². The van der Waals surface area contributed by atoms with E-state index in [2.05, 4.69) is 24.8 Å². The van der Waals surface area contributed by atoms with Crippen molar-refractivity contribution in [3.05, 3.63) is 30.3 Å². The molecule has 3 heterocycles. The molecule has 2 aromatic rings. The van der Waals surface area contributed by atoms with E-state index in [1.807, 2.05) is 30.3 Å². The number of ether oxygens (including phenoxy) is 1. The van der Waals surface area contributed by atoms with Crippen LogP contribution in [0.5, 0.6) is 0 Å². The summed E-state index contributed by atoms with van der Waals surface area (Å²) in [7, 11) is 0. The Morgan fingerprint density at radius 2 is 1.52 bits per heavy atom. The predicted octanol–water partition coefficient (Wildman–Crippen LogP) is 1.19. The number of aromatic nitrogens is 2. The van der Waals surface area contributed by atoms with Gasteiger partial charge in [-0.05, 0) is 0 Å². The van der Waals surface area contributed by atoms with Crippen LogP contribution in [0.1, 0.15) is 0 Å². The zero-order valence-electron chi connectivity index (χ0n) is 14.5. The smallest absolute Gasteiger partial charge is 0.324 e. The van der Waals surface area contributed by atoms with Crippen molar-refractivity contribution >= 4 is 6.01 Å². The van der Waals surface area contributed by atoms with Gasteiger partial charge >= 0.3 is 6.01 Å². The first-order valence-electron chi connectivity index (χ1n) is 9.05. The number of hydrogen-bond donors (Lipinski definition) is 0. The largest absolute Gasteiger partial charge is 0.379 e. The number of morpholine rings is 1. The third-order valence-corrected chi connectivity index (χ3v) is 4.93. The van der Waals surface area contributed by atoms with Crippen LogP contribution in [0.15, 0.2) is 34.9 Å². The zero-order valence-corrected chi connectivity index (χ0v) is 14.5. The molecule has 0 amide bonds. The zero-order chi connectivity index (χ0) is 16.9.